The van der Waals surface area contributed by atoms with E-state index in [4.69, 9.17) is 10.5 Å². The number of nitrogens with two attached hydrogens (primary N) is 1. The minimum absolute atomic E-state index is 0.347. The van der Waals surface area contributed by atoms with E-state index in [2.05, 4.69) is 31.3 Å². The van der Waals surface area contributed by atoms with Crippen molar-refractivity contribution in [1.82, 2.24) is 5.32 Å². The lowest BCUT2D eigenvalue weighted by atomic mass is 10.2. The molecule has 0 bridgehead atoms. The summed E-state index contributed by atoms with van der Waals surface area (Å²) in [7, 11) is 0. The van der Waals surface area contributed by atoms with Crippen molar-refractivity contribution in [2.45, 2.75) is 39.0 Å². The summed E-state index contributed by atoms with van der Waals surface area (Å²) in [5.41, 5.74) is 6.81. The van der Waals surface area contributed by atoms with Gasteiger partial charge in [-0.15, -0.1) is 0 Å². The highest BCUT2D eigenvalue weighted by atomic mass is 16.5. The zero-order chi connectivity index (χ0) is 12.5. The molecule has 0 aromatic heterocycles. The minimum Gasteiger partial charge on any atom is -0.375 e. The van der Waals surface area contributed by atoms with Crippen LogP contribution in [0.1, 0.15) is 25.8 Å². The number of hydrogen-bond acceptors (Lipinski definition) is 3. The highest BCUT2D eigenvalue weighted by molar-refractivity contribution is 5.13. The van der Waals surface area contributed by atoms with Gasteiger partial charge in [0.15, 0.2) is 0 Å². The number of ether oxygens (including phenoxy) is 1. The monoisotopic (exact) mass is 236 g/mol. The number of rotatable bonds is 8. The van der Waals surface area contributed by atoms with E-state index in [0.29, 0.717) is 25.2 Å². The van der Waals surface area contributed by atoms with Gasteiger partial charge in [-0.05, 0) is 18.9 Å². The molecule has 0 aliphatic heterocycles. The molecule has 0 fully saturated rings. The van der Waals surface area contributed by atoms with Crippen LogP contribution in [0.2, 0.25) is 0 Å². The van der Waals surface area contributed by atoms with Crippen molar-refractivity contribution in [3.63, 3.8) is 0 Å². The molecule has 96 valence electrons. The van der Waals surface area contributed by atoms with E-state index >= 15 is 0 Å². The van der Waals surface area contributed by atoms with Crippen LogP contribution in [0.5, 0.6) is 0 Å². The first-order valence-electron chi connectivity index (χ1n) is 6.34. The molecule has 0 saturated heterocycles. The van der Waals surface area contributed by atoms with E-state index in [1.807, 2.05) is 18.2 Å². The van der Waals surface area contributed by atoms with Gasteiger partial charge in [0.2, 0.25) is 0 Å². The Morgan fingerprint density at radius 2 is 2.00 bits per heavy atom. The summed E-state index contributed by atoms with van der Waals surface area (Å²) in [5, 5.41) is 3.45. The van der Waals surface area contributed by atoms with Gasteiger partial charge in [0, 0.05) is 18.6 Å². The molecule has 17 heavy (non-hydrogen) atoms. The fraction of sp³-hybridized carbons (Fsp3) is 0.571. The molecular formula is C14H24N2O. The maximum absolute atomic E-state index is 5.71. The molecule has 0 aliphatic rings. The summed E-state index contributed by atoms with van der Waals surface area (Å²) in [4.78, 5) is 0. The predicted molar refractivity (Wildman–Crippen MR) is 71.8 cm³/mol. The molecule has 0 spiro atoms. The molecule has 1 aromatic rings. The topological polar surface area (TPSA) is 47.3 Å². The molecule has 1 rings (SSSR count). The Kier molecular flexibility index (Phi) is 6.86. The average molecular weight is 236 g/mol. The van der Waals surface area contributed by atoms with Gasteiger partial charge in [-0.2, -0.15) is 0 Å². The third kappa shape index (κ3) is 5.82. The van der Waals surface area contributed by atoms with E-state index in [9.17, 15) is 0 Å². The van der Waals surface area contributed by atoms with Crippen molar-refractivity contribution >= 4 is 0 Å². The Morgan fingerprint density at radius 1 is 1.29 bits per heavy atom. The van der Waals surface area contributed by atoms with Crippen LogP contribution in [0.25, 0.3) is 0 Å². The first-order valence-corrected chi connectivity index (χ1v) is 6.34. The maximum atomic E-state index is 5.71. The molecule has 3 nitrogen and oxygen atoms in total. The van der Waals surface area contributed by atoms with Crippen molar-refractivity contribution in [3.8, 4) is 0 Å². The van der Waals surface area contributed by atoms with Gasteiger partial charge < -0.3 is 15.8 Å². The molecule has 0 heterocycles. The van der Waals surface area contributed by atoms with Gasteiger partial charge in [-0.3, -0.25) is 0 Å². The van der Waals surface area contributed by atoms with E-state index in [1.54, 1.807) is 0 Å². The van der Waals surface area contributed by atoms with Crippen LogP contribution >= 0.6 is 0 Å². The zero-order valence-electron chi connectivity index (χ0n) is 10.9. The Bertz CT molecular complexity index is 290. The fourth-order valence-electron chi connectivity index (χ4n) is 1.65. The molecule has 0 saturated carbocycles. The van der Waals surface area contributed by atoms with Crippen LogP contribution in [0.4, 0.5) is 0 Å². The van der Waals surface area contributed by atoms with E-state index in [1.165, 1.54) is 5.56 Å². The van der Waals surface area contributed by atoms with Gasteiger partial charge in [0.25, 0.3) is 0 Å². The van der Waals surface area contributed by atoms with Gasteiger partial charge in [0.1, 0.15) is 0 Å². The normalized spacial score (nSPS) is 14.5. The molecule has 0 radical (unpaired) electrons. The molecular weight excluding hydrogens is 212 g/mol. The Balaban J connectivity index is 2.24. The lowest BCUT2D eigenvalue weighted by Crippen LogP contribution is -2.42. The third-order valence-electron chi connectivity index (χ3n) is 2.80. The van der Waals surface area contributed by atoms with Crippen molar-refractivity contribution in [1.29, 1.82) is 0 Å². The average Bonchev–Trinajstić information content (AvgIpc) is 2.38. The SMILES string of the molecule is CCC(COCc1ccccc1)NC(C)CN. The quantitative estimate of drug-likeness (QED) is 0.725. The number of benzene rings is 1. The summed E-state index contributed by atoms with van der Waals surface area (Å²) in [5.74, 6) is 0. The van der Waals surface area contributed by atoms with E-state index in [-0.39, 0.29) is 0 Å². The molecule has 3 heteroatoms. The maximum Gasteiger partial charge on any atom is 0.0717 e. The lowest BCUT2D eigenvalue weighted by Gasteiger charge is -2.21. The van der Waals surface area contributed by atoms with Crippen molar-refractivity contribution in [3.05, 3.63) is 35.9 Å². The number of nitrogens with one attached hydrogen (secondary N) is 1. The molecule has 1 aromatic carbocycles. The predicted octanol–water partition coefficient (Wildman–Crippen LogP) is 1.92. The van der Waals surface area contributed by atoms with Gasteiger partial charge in [-0.25, -0.2) is 0 Å². The Hall–Kier alpha value is -0.900. The van der Waals surface area contributed by atoms with E-state index < -0.39 is 0 Å². The second kappa shape index (κ2) is 8.23. The zero-order valence-corrected chi connectivity index (χ0v) is 10.9. The molecule has 0 aliphatic carbocycles. The lowest BCUT2D eigenvalue weighted by molar-refractivity contribution is 0.0948. The van der Waals surface area contributed by atoms with Crippen LogP contribution in [0.15, 0.2) is 30.3 Å². The second-order valence-electron chi connectivity index (χ2n) is 4.41. The van der Waals surface area contributed by atoms with Gasteiger partial charge in [0.05, 0.1) is 13.2 Å². The first kappa shape index (κ1) is 14.2. The standard InChI is InChI=1S/C14H24N2O/c1-3-14(16-12(2)9-15)11-17-10-13-7-5-4-6-8-13/h4-8,12,14,16H,3,9-11,15H2,1-2H3. The molecule has 0 amide bonds. The highest BCUT2D eigenvalue weighted by Crippen LogP contribution is 2.02. The third-order valence-corrected chi connectivity index (χ3v) is 2.80. The van der Waals surface area contributed by atoms with Crippen LogP contribution in [0.3, 0.4) is 0 Å². The molecule has 3 N–H and O–H groups in total. The summed E-state index contributed by atoms with van der Waals surface area (Å²) in [6.07, 6.45) is 1.05. The summed E-state index contributed by atoms with van der Waals surface area (Å²) >= 11 is 0. The van der Waals surface area contributed by atoms with Gasteiger partial charge >= 0.3 is 0 Å². The van der Waals surface area contributed by atoms with E-state index in [0.717, 1.165) is 13.0 Å². The van der Waals surface area contributed by atoms with Crippen LogP contribution in [0, 0.1) is 0 Å². The molecule has 2 atom stereocenters. The number of hydrogen-bond donors (Lipinski definition) is 2. The van der Waals surface area contributed by atoms with Gasteiger partial charge in [-0.1, -0.05) is 37.3 Å². The van der Waals surface area contributed by atoms with Crippen LogP contribution in [-0.2, 0) is 11.3 Å². The van der Waals surface area contributed by atoms with Crippen molar-refractivity contribution in [2.24, 2.45) is 5.73 Å². The minimum atomic E-state index is 0.347. The highest BCUT2D eigenvalue weighted by Gasteiger charge is 2.09. The largest absolute Gasteiger partial charge is 0.375 e. The summed E-state index contributed by atoms with van der Waals surface area (Å²) in [6, 6.07) is 11.0. The summed E-state index contributed by atoms with van der Waals surface area (Å²) in [6.45, 7) is 6.33. The van der Waals surface area contributed by atoms with Crippen molar-refractivity contribution < 1.29 is 4.74 Å². The smallest absolute Gasteiger partial charge is 0.0717 e. The Morgan fingerprint density at radius 3 is 2.59 bits per heavy atom. The summed E-state index contributed by atoms with van der Waals surface area (Å²) < 4.78 is 5.71. The van der Waals surface area contributed by atoms with Crippen molar-refractivity contribution in [2.75, 3.05) is 13.2 Å². The first-order chi connectivity index (χ1) is 8.26. The fourth-order valence-corrected chi connectivity index (χ4v) is 1.65. The van der Waals surface area contributed by atoms with Crippen LogP contribution < -0.4 is 11.1 Å². The van der Waals surface area contributed by atoms with Crippen LogP contribution in [-0.4, -0.2) is 25.2 Å². The Labute approximate surface area is 104 Å². The second-order valence-corrected chi connectivity index (χ2v) is 4.41. The molecule has 2 unspecified atom stereocenters.